The van der Waals surface area contributed by atoms with E-state index in [1.54, 1.807) is 16.8 Å². The molecular weight excluding hydrogens is 334 g/mol. The highest BCUT2D eigenvalue weighted by Gasteiger charge is 2.36. The van der Waals surface area contributed by atoms with Gasteiger partial charge in [-0.05, 0) is 31.5 Å². The number of nitrogens with zero attached hydrogens (tertiary/aromatic N) is 4. The number of allylic oxidation sites excluding steroid dienone is 1. The van der Waals surface area contributed by atoms with Gasteiger partial charge >= 0.3 is 0 Å². The van der Waals surface area contributed by atoms with Crippen LogP contribution in [0.4, 0.5) is 5.95 Å². The van der Waals surface area contributed by atoms with Gasteiger partial charge in [-0.25, -0.2) is 4.68 Å². The SMILES string of the molecule is CC1=C(C(=O)N2CCOCC2)C(c2ccc(O)cc2)n2nc(C)nc2N1. The number of aromatic hydroxyl groups is 1. The number of phenols is 1. The Morgan fingerprint density at radius 1 is 1.23 bits per heavy atom. The molecule has 0 bridgehead atoms. The number of amides is 1. The molecule has 2 aliphatic heterocycles. The van der Waals surface area contributed by atoms with E-state index in [1.807, 2.05) is 30.9 Å². The number of carbonyl (C=O) groups is 1. The highest BCUT2D eigenvalue weighted by Crippen LogP contribution is 2.36. The minimum atomic E-state index is -0.400. The Balaban J connectivity index is 1.80. The van der Waals surface area contributed by atoms with Crippen LogP contribution in [-0.2, 0) is 9.53 Å². The second-order valence-electron chi connectivity index (χ2n) is 6.49. The molecule has 136 valence electrons. The molecular formula is C18H21N5O3. The molecule has 1 aromatic heterocycles. The summed E-state index contributed by atoms with van der Waals surface area (Å²) in [6, 6.07) is 6.46. The van der Waals surface area contributed by atoms with E-state index in [-0.39, 0.29) is 11.7 Å². The molecule has 1 saturated heterocycles. The second kappa shape index (κ2) is 6.45. The first-order chi connectivity index (χ1) is 12.5. The van der Waals surface area contributed by atoms with E-state index in [4.69, 9.17) is 4.74 Å². The van der Waals surface area contributed by atoms with E-state index in [2.05, 4.69) is 15.4 Å². The van der Waals surface area contributed by atoms with Crippen LogP contribution in [0, 0.1) is 6.92 Å². The van der Waals surface area contributed by atoms with Gasteiger partial charge < -0.3 is 20.1 Å². The van der Waals surface area contributed by atoms with E-state index in [1.165, 1.54) is 0 Å². The minimum Gasteiger partial charge on any atom is -0.508 e. The quantitative estimate of drug-likeness (QED) is 0.847. The maximum Gasteiger partial charge on any atom is 0.254 e. The molecule has 26 heavy (non-hydrogen) atoms. The zero-order chi connectivity index (χ0) is 18.3. The van der Waals surface area contributed by atoms with Gasteiger partial charge in [0, 0.05) is 18.8 Å². The van der Waals surface area contributed by atoms with E-state index in [9.17, 15) is 9.90 Å². The van der Waals surface area contributed by atoms with Crippen molar-refractivity contribution in [2.75, 3.05) is 31.6 Å². The fourth-order valence-corrected chi connectivity index (χ4v) is 3.44. The minimum absolute atomic E-state index is 0.0322. The van der Waals surface area contributed by atoms with Gasteiger partial charge in [0.25, 0.3) is 5.91 Å². The lowest BCUT2D eigenvalue weighted by molar-refractivity contribution is -0.131. The van der Waals surface area contributed by atoms with Crippen molar-refractivity contribution in [3.05, 3.63) is 46.9 Å². The molecule has 2 N–H and O–H groups in total. The summed E-state index contributed by atoms with van der Waals surface area (Å²) in [6.07, 6.45) is 0. The lowest BCUT2D eigenvalue weighted by Crippen LogP contribution is -2.44. The average molecular weight is 355 g/mol. The summed E-state index contributed by atoms with van der Waals surface area (Å²) in [5.41, 5.74) is 2.26. The molecule has 2 aromatic rings. The maximum atomic E-state index is 13.3. The number of anilines is 1. The Hall–Kier alpha value is -2.87. The molecule has 3 heterocycles. The Morgan fingerprint density at radius 3 is 2.62 bits per heavy atom. The zero-order valence-electron chi connectivity index (χ0n) is 14.8. The number of phenolic OH excluding ortho intramolecular Hbond substituents is 1. The third kappa shape index (κ3) is 2.82. The van der Waals surface area contributed by atoms with Gasteiger partial charge in [-0.15, -0.1) is 0 Å². The monoisotopic (exact) mass is 355 g/mol. The first kappa shape index (κ1) is 16.6. The van der Waals surface area contributed by atoms with Crippen molar-refractivity contribution in [2.24, 2.45) is 0 Å². The van der Waals surface area contributed by atoms with Crippen LogP contribution in [-0.4, -0.2) is 57.0 Å². The molecule has 8 nitrogen and oxygen atoms in total. The maximum absolute atomic E-state index is 13.3. The molecule has 0 spiro atoms. The van der Waals surface area contributed by atoms with E-state index >= 15 is 0 Å². The van der Waals surface area contributed by atoms with Crippen molar-refractivity contribution in [3.8, 4) is 5.75 Å². The highest BCUT2D eigenvalue weighted by molar-refractivity contribution is 5.96. The van der Waals surface area contributed by atoms with Crippen LogP contribution in [0.5, 0.6) is 5.75 Å². The van der Waals surface area contributed by atoms with Gasteiger partial charge in [0.05, 0.1) is 18.8 Å². The van der Waals surface area contributed by atoms with Crippen LogP contribution in [0.3, 0.4) is 0 Å². The first-order valence-corrected chi connectivity index (χ1v) is 8.61. The Bertz CT molecular complexity index is 865. The number of ether oxygens (including phenoxy) is 1. The van der Waals surface area contributed by atoms with Crippen molar-refractivity contribution in [1.29, 1.82) is 0 Å². The van der Waals surface area contributed by atoms with E-state index in [0.29, 0.717) is 43.6 Å². The van der Waals surface area contributed by atoms with Crippen molar-refractivity contribution < 1.29 is 14.6 Å². The average Bonchev–Trinajstić information content (AvgIpc) is 3.01. The number of carbonyl (C=O) groups excluding carboxylic acids is 1. The number of nitrogens with one attached hydrogen (secondary N) is 1. The summed E-state index contributed by atoms with van der Waals surface area (Å²) in [6.45, 7) is 5.93. The third-order valence-corrected chi connectivity index (χ3v) is 4.70. The molecule has 1 amide bonds. The zero-order valence-corrected chi connectivity index (χ0v) is 14.8. The molecule has 4 rings (SSSR count). The molecule has 2 aliphatic rings. The third-order valence-electron chi connectivity index (χ3n) is 4.70. The predicted molar refractivity (Wildman–Crippen MR) is 94.7 cm³/mol. The van der Waals surface area contributed by atoms with Gasteiger partial charge in [-0.2, -0.15) is 10.1 Å². The molecule has 0 aliphatic carbocycles. The normalized spacial score (nSPS) is 19.9. The number of morpholine rings is 1. The van der Waals surface area contributed by atoms with Crippen LogP contribution in [0.2, 0.25) is 0 Å². The summed E-state index contributed by atoms with van der Waals surface area (Å²) in [7, 11) is 0. The number of benzene rings is 1. The standard InChI is InChI=1S/C18H21N5O3/c1-11-15(17(25)22-7-9-26-10-8-22)16(13-3-5-14(24)6-4-13)23-18(19-11)20-12(2)21-23/h3-6,16,24H,7-10H2,1-2H3,(H,19,20,21). The Kier molecular flexibility index (Phi) is 4.12. The fourth-order valence-electron chi connectivity index (χ4n) is 3.44. The first-order valence-electron chi connectivity index (χ1n) is 8.61. The van der Waals surface area contributed by atoms with Crippen LogP contribution >= 0.6 is 0 Å². The topological polar surface area (TPSA) is 92.5 Å². The number of fused-ring (bicyclic) bond motifs is 1. The summed E-state index contributed by atoms with van der Waals surface area (Å²) in [5.74, 6) is 1.38. The van der Waals surface area contributed by atoms with Crippen molar-refractivity contribution in [2.45, 2.75) is 19.9 Å². The van der Waals surface area contributed by atoms with Gasteiger partial charge in [0.1, 0.15) is 17.6 Å². The number of aromatic nitrogens is 3. The molecule has 1 fully saturated rings. The van der Waals surface area contributed by atoms with Crippen LogP contribution in [0.1, 0.15) is 24.4 Å². The highest BCUT2D eigenvalue weighted by atomic mass is 16.5. The molecule has 0 saturated carbocycles. The van der Waals surface area contributed by atoms with Gasteiger partial charge in [-0.1, -0.05) is 12.1 Å². The van der Waals surface area contributed by atoms with Crippen molar-refractivity contribution in [3.63, 3.8) is 0 Å². The second-order valence-corrected chi connectivity index (χ2v) is 6.49. The molecule has 1 atom stereocenters. The number of hydrogen-bond acceptors (Lipinski definition) is 6. The Labute approximate surface area is 151 Å². The van der Waals surface area contributed by atoms with Crippen molar-refractivity contribution in [1.82, 2.24) is 19.7 Å². The van der Waals surface area contributed by atoms with Gasteiger partial charge in [-0.3, -0.25) is 4.79 Å². The predicted octanol–water partition coefficient (Wildman–Crippen LogP) is 1.44. The van der Waals surface area contributed by atoms with Crippen LogP contribution < -0.4 is 5.32 Å². The summed E-state index contributed by atoms with van der Waals surface area (Å²) in [5, 5.41) is 17.3. The largest absolute Gasteiger partial charge is 0.508 e. The summed E-state index contributed by atoms with van der Waals surface area (Å²) in [4.78, 5) is 19.5. The van der Waals surface area contributed by atoms with E-state index in [0.717, 1.165) is 11.3 Å². The molecule has 1 unspecified atom stereocenters. The van der Waals surface area contributed by atoms with E-state index < -0.39 is 6.04 Å². The van der Waals surface area contributed by atoms with Gasteiger partial charge in [0.15, 0.2) is 0 Å². The van der Waals surface area contributed by atoms with Crippen molar-refractivity contribution >= 4 is 11.9 Å². The number of rotatable bonds is 2. The molecule has 8 heteroatoms. The molecule has 1 aromatic carbocycles. The van der Waals surface area contributed by atoms with Crippen LogP contribution in [0.15, 0.2) is 35.5 Å². The smallest absolute Gasteiger partial charge is 0.254 e. The van der Waals surface area contributed by atoms with Crippen LogP contribution in [0.25, 0.3) is 0 Å². The fraction of sp³-hybridized carbons (Fsp3) is 0.389. The molecule has 0 radical (unpaired) electrons. The number of aryl methyl sites for hydroxylation is 1. The lowest BCUT2D eigenvalue weighted by atomic mass is 9.94. The Morgan fingerprint density at radius 2 is 1.92 bits per heavy atom. The van der Waals surface area contributed by atoms with Gasteiger partial charge in [0.2, 0.25) is 5.95 Å². The summed E-state index contributed by atoms with van der Waals surface area (Å²) < 4.78 is 7.11. The summed E-state index contributed by atoms with van der Waals surface area (Å²) >= 11 is 0. The number of hydrogen-bond donors (Lipinski definition) is 2. The lowest BCUT2D eigenvalue weighted by Gasteiger charge is -2.33.